The number of pyridine rings is 1. The molecule has 5 heteroatoms. The highest BCUT2D eigenvalue weighted by atomic mass is 16.2. The van der Waals surface area contributed by atoms with Crippen LogP contribution >= 0.6 is 0 Å². The van der Waals surface area contributed by atoms with Crippen molar-refractivity contribution < 1.29 is 14.4 Å². The van der Waals surface area contributed by atoms with Crippen LogP contribution in [0.25, 0.3) is 5.52 Å². The number of nitrogens with zero attached hydrogens (tertiary/aromatic N) is 2. The van der Waals surface area contributed by atoms with Gasteiger partial charge in [-0.05, 0) is 12.1 Å². The lowest BCUT2D eigenvalue weighted by Gasteiger charge is -2.09. The van der Waals surface area contributed by atoms with Crippen molar-refractivity contribution in [3.8, 4) is 0 Å². The Morgan fingerprint density at radius 2 is 1.52 bits per heavy atom. The highest BCUT2D eigenvalue weighted by Gasteiger charge is 2.41. The molecule has 0 fully saturated rings. The second kappa shape index (κ2) is 4.64. The van der Waals surface area contributed by atoms with Crippen molar-refractivity contribution in [2.45, 2.75) is 0 Å². The number of fused-ring (bicyclic) bond motifs is 3. The Bertz CT molecular complexity index is 986. The molecule has 5 nitrogen and oxygen atoms in total. The van der Waals surface area contributed by atoms with Crippen LogP contribution in [0.5, 0.6) is 0 Å². The SMILES string of the molecule is CN1C(=O)c2c(c3ccccn3c2C(=O)c2ccccc2)C1=O. The Morgan fingerprint density at radius 3 is 2.26 bits per heavy atom. The highest BCUT2D eigenvalue weighted by Crippen LogP contribution is 2.32. The molecule has 0 aliphatic carbocycles. The first-order chi connectivity index (χ1) is 11.1. The second-order valence-electron chi connectivity index (χ2n) is 5.42. The zero-order valence-electron chi connectivity index (χ0n) is 12.3. The van der Waals surface area contributed by atoms with E-state index in [4.69, 9.17) is 0 Å². The first-order valence-corrected chi connectivity index (χ1v) is 7.16. The highest BCUT2D eigenvalue weighted by molar-refractivity contribution is 6.29. The summed E-state index contributed by atoms with van der Waals surface area (Å²) < 4.78 is 1.63. The average Bonchev–Trinajstić information content (AvgIpc) is 3.04. The first-order valence-electron chi connectivity index (χ1n) is 7.16. The number of hydrogen-bond acceptors (Lipinski definition) is 3. The molecule has 0 saturated heterocycles. The van der Waals surface area contributed by atoms with E-state index in [0.717, 1.165) is 4.90 Å². The van der Waals surface area contributed by atoms with Crippen molar-refractivity contribution in [3.05, 3.63) is 77.1 Å². The summed E-state index contributed by atoms with van der Waals surface area (Å²) in [5, 5.41) is 0. The van der Waals surface area contributed by atoms with Gasteiger partial charge >= 0.3 is 0 Å². The van der Waals surface area contributed by atoms with E-state index in [1.165, 1.54) is 7.05 Å². The lowest BCUT2D eigenvalue weighted by molar-refractivity contribution is 0.0690. The molecule has 1 aromatic carbocycles. The van der Waals surface area contributed by atoms with Crippen LogP contribution in [0.1, 0.15) is 36.8 Å². The van der Waals surface area contributed by atoms with Crippen LogP contribution in [0.2, 0.25) is 0 Å². The average molecular weight is 304 g/mol. The van der Waals surface area contributed by atoms with Crippen LogP contribution in [-0.2, 0) is 0 Å². The maximum Gasteiger partial charge on any atom is 0.263 e. The van der Waals surface area contributed by atoms with E-state index in [9.17, 15) is 14.4 Å². The Labute approximate surface area is 131 Å². The molecular formula is C18H12N2O3. The van der Waals surface area contributed by atoms with Crippen molar-refractivity contribution in [1.29, 1.82) is 0 Å². The molecule has 2 aromatic heterocycles. The predicted molar refractivity (Wildman–Crippen MR) is 83.7 cm³/mol. The second-order valence-corrected chi connectivity index (χ2v) is 5.42. The van der Waals surface area contributed by atoms with E-state index in [2.05, 4.69) is 0 Å². The fourth-order valence-electron chi connectivity index (χ4n) is 3.01. The molecule has 0 spiro atoms. The third-order valence-corrected chi connectivity index (χ3v) is 4.13. The minimum absolute atomic E-state index is 0.192. The maximum atomic E-state index is 12.9. The van der Waals surface area contributed by atoms with E-state index in [0.29, 0.717) is 16.6 Å². The Morgan fingerprint density at radius 1 is 0.870 bits per heavy atom. The van der Waals surface area contributed by atoms with E-state index >= 15 is 0 Å². The molecule has 0 atom stereocenters. The number of hydrogen-bond donors (Lipinski definition) is 0. The van der Waals surface area contributed by atoms with Crippen LogP contribution in [0.4, 0.5) is 0 Å². The van der Waals surface area contributed by atoms with Gasteiger partial charge in [-0.15, -0.1) is 0 Å². The number of rotatable bonds is 2. The maximum absolute atomic E-state index is 12.9. The van der Waals surface area contributed by atoms with Gasteiger partial charge in [-0.3, -0.25) is 19.3 Å². The smallest absolute Gasteiger partial charge is 0.263 e. The molecule has 23 heavy (non-hydrogen) atoms. The largest absolute Gasteiger partial charge is 0.312 e. The molecule has 3 aromatic rings. The van der Waals surface area contributed by atoms with Crippen LogP contribution < -0.4 is 0 Å². The third kappa shape index (κ3) is 1.70. The third-order valence-electron chi connectivity index (χ3n) is 4.13. The Kier molecular flexibility index (Phi) is 2.72. The van der Waals surface area contributed by atoms with Gasteiger partial charge in [0.05, 0.1) is 16.6 Å². The number of ketones is 1. The summed E-state index contributed by atoms with van der Waals surface area (Å²) in [6.07, 6.45) is 1.70. The lowest BCUT2D eigenvalue weighted by atomic mass is 10.0. The molecule has 0 radical (unpaired) electrons. The van der Waals surface area contributed by atoms with Gasteiger partial charge in [0.15, 0.2) is 0 Å². The first kappa shape index (κ1) is 13.5. The van der Waals surface area contributed by atoms with Crippen LogP contribution in [0.3, 0.4) is 0 Å². The standard InChI is InChI=1S/C18H12N2O3/c1-19-17(22)13-12-9-5-6-10-20(12)15(14(13)18(19)23)16(21)11-7-3-2-4-8-11/h2-10H,1H3. The van der Waals surface area contributed by atoms with Crippen molar-refractivity contribution >= 4 is 23.1 Å². The molecule has 0 saturated carbocycles. The Hall–Kier alpha value is -3.21. The summed E-state index contributed by atoms with van der Waals surface area (Å²) in [5.41, 5.74) is 1.79. The monoisotopic (exact) mass is 304 g/mol. The predicted octanol–water partition coefficient (Wildman–Crippen LogP) is 2.40. The number of imide groups is 1. The zero-order valence-corrected chi connectivity index (χ0v) is 12.3. The van der Waals surface area contributed by atoms with Crippen LogP contribution in [0, 0.1) is 0 Å². The van der Waals surface area contributed by atoms with Crippen molar-refractivity contribution in [3.63, 3.8) is 0 Å². The van der Waals surface area contributed by atoms with Gasteiger partial charge in [0.25, 0.3) is 11.8 Å². The summed E-state index contributed by atoms with van der Waals surface area (Å²) in [6.45, 7) is 0. The van der Waals surface area contributed by atoms with Gasteiger partial charge in [0.1, 0.15) is 5.69 Å². The van der Waals surface area contributed by atoms with Gasteiger partial charge in [-0.25, -0.2) is 0 Å². The normalized spacial score (nSPS) is 13.7. The molecule has 2 amide bonds. The minimum Gasteiger partial charge on any atom is -0.312 e. The number of benzene rings is 1. The quantitative estimate of drug-likeness (QED) is 0.539. The summed E-state index contributed by atoms with van der Waals surface area (Å²) in [5.74, 6) is -1.08. The van der Waals surface area contributed by atoms with E-state index in [1.807, 2.05) is 6.07 Å². The summed E-state index contributed by atoms with van der Waals surface area (Å²) in [7, 11) is 1.43. The van der Waals surface area contributed by atoms with Crippen molar-refractivity contribution in [1.82, 2.24) is 9.30 Å². The fraction of sp³-hybridized carbons (Fsp3) is 0.0556. The van der Waals surface area contributed by atoms with Gasteiger partial charge in [-0.2, -0.15) is 0 Å². The molecule has 1 aliphatic rings. The number of carbonyl (C=O) groups excluding carboxylic acids is 3. The molecule has 0 bridgehead atoms. The number of amides is 2. The number of carbonyl (C=O) groups is 3. The Balaban J connectivity index is 2.07. The van der Waals surface area contributed by atoms with Crippen LogP contribution in [0.15, 0.2) is 54.7 Å². The van der Waals surface area contributed by atoms with E-state index in [-0.39, 0.29) is 22.9 Å². The van der Waals surface area contributed by atoms with E-state index in [1.54, 1.807) is 53.1 Å². The van der Waals surface area contributed by atoms with Gasteiger partial charge in [0.2, 0.25) is 5.78 Å². The zero-order chi connectivity index (χ0) is 16.1. The lowest BCUT2D eigenvalue weighted by Crippen LogP contribution is -2.26. The van der Waals surface area contributed by atoms with E-state index < -0.39 is 5.91 Å². The van der Waals surface area contributed by atoms with Gasteiger partial charge in [-0.1, -0.05) is 36.4 Å². The van der Waals surface area contributed by atoms with Crippen molar-refractivity contribution in [2.24, 2.45) is 0 Å². The molecule has 1 aliphatic heterocycles. The molecule has 112 valence electrons. The van der Waals surface area contributed by atoms with Gasteiger partial charge < -0.3 is 4.40 Å². The molecule has 4 rings (SSSR count). The topological polar surface area (TPSA) is 58.9 Å². The summed E-state index contributed by atoms with van der Waals surface area (Å²) in [6, 6.07) is 14.0. The van der Waals surface area contributed by atoms with Crippen LogP contribution in [-0.4, -0.2) is 33.9 Å². The molecule has 3 heterocycles. The molecule has 0 N–H and O–H groups in total. The van der Waals surface area contributed by atoms with Gasteiger partial charge in [0, 0.05) is 18.8 Å². The van der Waals surface area contributed by atoms with Crippen molar-refractivity contribution in [2.75, 3.05) is 7.05 Å². The molecule has 0 unspecified atom stereocenters. The summed E-state index contributed by atoms with van der Waals surface area (Å²) in [4.78, 5) is 38.8. The number of aromatic nitrogens is 1. The minimum atomic E-state index is -0.437. The fourth-order valence-corrected chi connectivity index (χ4v) is 3.01. The molecular weight excluding hydrogens is 292 g/mol. The summed E-state index contributed by atoms with van der Waals surface area (Å²) >= 11 is 0.